The van der Waals surface area contributed by atoms with Gasteiger partial charge in [0.15, 0.2) is 0 Å². The molecule has 0 atom stereocenters. The van der Waals surface area contributed by atoms with E-state index in [0.717, 1.165) is 5.69 Å². The van der Waals surface area contributed by atoms with Gasteiger partial charge in [0.2, 0.25) is 0 Å². The molecule has 4 heteroatoms. The summed E-state index contributed by atoms with van der Waals surface area (Å²) in [7, 11) is 0. The first-order chi connectivity index (χ1) is 7.44. The van der Waals surface area contributed by atoms with Gasteiger partial charge >= 0.3 is 6.09 Å². The number of nitrogens with zero attached hydrogens (tertiary/aromatic N) is 1. The summed E-state index contributed by atoms with van der Waals surface area (Å²) in [6.45, 7) is 5.55. The Hall–Kier alpha value is -1.03. The van der Waals surface area contributed by atoms with Crippen molar-refractivity contribution in [3.63, 3.8) is 0 Å². The Morgan fingerprint density at radius 1 is 1.31 bits per heavy atom. The van der Waals surface area contributed by atoms with Crippen molar-refractivity contribution in [1.29, 1.82) is 0 Å². The van der Waals surface area contributed by atoms with Crippen LogP contribution in [-0.2, 0) is 4.74 Å². The van der Waals surface area contributed by atoms with E-state index in [9.17, 15) is 4.79 Å². The van der Waals surface area contributed by atoms with Crippen molar-refractivity contribution in [2.45, 2.75) is 26.4 Å². The number of alkyl halides is 1. The third kappa shape index (κ3) is 3.85. The fraction of sp³-hybridized carbons (Fsp3) is 0.417. The Labute approximate surface area is 105 Å². The van der Waals surface area contributed by atoms with Crippen LogP contribution in [0.5, 0.6) is 0 Å². The van der Waals surface area contributed by atoms with E-state index in [1.807, 2.05) is 51.1 Å². The van der Waals surface area contributed by atoms with Crippen molar-refractivity contribution in [3.8, 4) is 0 Å². The third-order valence-electron chi connectivity index (χ3n) is 1.80. The first-order valence-corrected chi connectivity index (χ1v) is 6.18. The van der Waals surface area contributed by atoms with Crippen LogP contribution in [0, 0.1) is 0 Å². The molecule has 0 spiro atoms. The molecule has 0 bridgehead atoms. The zero-order chi connectivity index (χ0) is 12.2. The van der Waals surface area contributed by atoms with E-state index in [1.54, 1.807) is 0 Å². The Kier molecular flexibility index (Phi) is 4.35. The van der Waals surface area contributed by atoms with Gasteiger partial charge in [-0.05, 0) is 32.9 Å². The molecule has 0 aliphatic heterocycles. The lowest BCUT2D eigenvalue weighted by molar-refractivity contribution is 0.0588. The predicted molar refractivity (Wildman–Crippen MR) is 68.9 cm³/mol. The minimum absolute atomic E-state index is 0.351. The summed E-state index contributed by atoms with van der Waals surface area (Å²) in [5.41, 5.74) is 0.742. The van der Waals surface area contributed by atoms with Gasteiger partial charge in [0.25, 0.3) is 0 Å². The van der Waals surface area contributed by atoms with Crippen LogP contribution in [0.25, 0.3) is 0 Å². The second kappa shape index (κ2) is 5.34. The summed E-state index contributed by atoms with van der Waals surface area (Å²) >= 11 is 3.29. The van der Waals surface area contributed by atoms with E-state index in [4.69, 9.17) is 4.74 Å². The van der Waals surface area contributed by atoms with Crippen molar-refractivity contribution in [2.75, 3.05) is 10.4 Å². The van der Waals surface area contributed by atoms with E-state index < -0.39 is 5.60 Å². The molecule has 0 N–H and O–H groups in total. The second-order valence-electron chi connectivity index (χ2n) is 4.36. The quantitative estimate of drug-likeness (QED) is 0.611. The van der Waals surface area contributed by atoms with E-state index in [2.05, 4.69) is 15.9 Å². The maximum atomic E-state index is 11.9. The first kappa shape index (κ1) is 13.0. The maximum Gasteiger partial charge on any atom is 0.415 e. The van der Waals surface area contributed by atoms with Crippen molar-refractivity contribution >= 4 is 27.7 Å². The van der Waals surface area contributed by atoms with Gasteiger partial charge in [0, 0.05) is 5.69 Å². The molecule has 0 radical (unpaired) electrons. The smallest absolute Gasteiger partial charge is 0.415 e. The average molecular weight is 286 g/mol. The minimum atomic E-state index is -0.480. The zero-order valence-electron chi connectivity index (χ0n) is 9.74. The number of hydrogen-bond donors (Lipinski definition) is 0. The molecule has 1 rings (SSSR count). The molecule has 0 unspecified atom stereocenters. The molecular weight excluding hydrogens is 270 g/mol. The molecule has 0 aliphatic carbocycles. The number of halogens is 1. The van der Waals surface area contributed by atoms with Gasteiger partial charge in [-0.2, -0.15) is 0 Å². The summed E-state index contributed by atoms with van der Waals surface area (Å²) in [5.74, 6) is 0. The van der Waals surface area contributed by atoms with Crippen LogP contribution in [0.15, 0.2) is 30.3 Å². The van der Waals surface area contributed by atoms with Crippen LogP contribution in [-0.4, -0.2) is 17.1 Å². The van der Waals surface area contributed by atoms with Gasteiger partial charge in [-0.25, -0.2) is 4.79 Å². The van der Waals surface area contributed by atoms with Crippen LogP contribution in [0.1, 0.15) is 20.8 Å². The highest BCUT2D eigenvalue weighted by Gasteiger charge is 2.22. The van der Waals surface area contributed by atoms with E-state index in [-0.39, 0.29) is 6.09 Å². The van der Waals surface area contributed by atoms with Gasteiger partial charge in [-0.1, -0.05) is 34.1 Å². The first-order valence-electron chi connectivity index (χ1n) is 5.05. The van der Waals surface area contributed by atoms with Crippen LogP contribution >= 0.6 is 15.9 Å². The number of carbonyl (C=O) groups is 1. The fourth-order valence-electron chi connectivity index (χ4n) is 1.15. The van der Waals surface area contributed by atoms with E-state index in [1.165, 1.54) is 4.90 Å². The Balaban J connectivity index is 2.80. The van der Waals surface area contributed by atoms with Crippen LogP contribution < -0.4 is 4.90 Å². The molecule has 1 amide bonds. The zero-order valence-corrected chi connectivity index (χ0v) is 11.3. The van der Waals surface area contributed by atoms with E-state index in [0.29, 0.717) is 5.45 Å². The molecule has 0 saturated heterocycles. The van der Waals surface area contributed by atoms with Gasteiger partial charge in [0.1, 0.15) is 5.60 Å². The molecule has 1 aromatic carbocycles. The fourth-order valence-corrected chi connectivity index (χ4v) is 1.64. The maximum absolute atomic E-state index is 11.9. The van der Waals surface area contributed by atoms with Crippen LogP contribution in [0.2, 0.25) is 0 Å². The van der Waals surface area contributed by atoms with Gasteiger partial charge in [-0.15, -0.1) is 0 Å². The number of anilines is 1. The molecular formula is C12H16BrNO2. The van der Waals surface area contributed by atoms with Crippen molar-refractivity contribution < 1.29 is 9.53 Å². The van der Waals surface area contributed by atoms with Gasteiger partial charge in [-0.3, -0.25) is 4.90 Å². The van der Waals surface area contributed by atoms with Crippen molar-refractivity contribution in [1.82, 2.24) is 0 Å². The van der Waals surface area contributed by atoms with Crippen molar-refractivity contribution in [2.24, 2.45) is 0 Å². The lowest BCUT2D eigenvalue weighted by atomic mass is 10.2. The number of rotatable bonds is 2. The molecule has 0 aliphatic rings. The Bertz CT molecular complexity index is 346. The SMILES string of the molecule is CC(C)(C)OC(=O)N(CBr)c1ccccc1. The van der Waals surface area contributed by atoms with Crippen LogP contribution in [0.3, 0.4) is 0 Å². The average Bonchev–Trinajstić information content (AvgIpc) is 2.17. The molecule has 16 heavy (non-hydrogen) atoms. The molecule has 88 valence electrons. The third-order valence-corrected chi connectivity index (χ3v) is 2.30. The summed E-state index contributed by atoms with van der Waals surface area (Å²) in [6, 6.07) is 9.41. The number of amides is 1. The molecule has 1 aromatic rings. The number of carbonyl (C=O) groups excluding carboxylic acids is 1. The number of hydrogen-bond acceptors (Lipinski definition) is 2. The summed E-state index contributed by atoms with van der Waals surface area (Å²) in [4.78, 5) is 13.4. The number of benzene rings is 1. The Morgan fingerprint density at radius 3 is 2.31 bits per heavy atom. The lowest BCUT2D eigenvalue weighted by Crippen LogP contribution is -2.36. The molecule has 0 saturated carbocycles. The van der Waals surface area contributed by atoms with E-state index >= 15 is 0 Å². The summed E-state index contributed by atoms with van der Waals surface area (Å²) in [6.07, 6.45) is -0.351. The van der Waals surface area contributed by atoms with Crippen molar-refractivity contribution in [3.05, 3.63) is 30.3 Å². The largest absolute Gasteiger partial charge is 0.443 e. The highest BCUT2D eigenvalue weighted by molar-refractivity contribution is 9.09. The minimum Gasteiger partial charge on any atom is -0.443 e. The second-order valence-corrected chi connectivity index (χ2v) is 4.86. The van der Waals surface area contributed by atoms with Gasteiger partial charge < -0.3 is 4.74 Å². The number of ether oxygens (including phenoxy) is 1. The topological polar surface area (TPSA) is 29.5 Å². The predicted octanol–water partition coefficient (Wildman–Crippen LogP) is 3.78. The number of para-hydroxylation sites is 1. The Morgan fingerprint density at radius 2 is 1.88 bits per heavy atom. The highest BCUT2D eigenvalue weighted by Crippen LogP contribution is 2.18. The monoisotopic (exact) mass is 285 g/mol. The van der Waals surface area contributed by atoms with Crippen LogP contribution in [0.4, 0.5) is 10.5 Å². The highest BCUT2D eigenvalue weighted by atomic mass is 79.9. The molecule has 0 fully saturated rings. The molecule has 3 nitrogen and oxygen atoms in total. The van der Waals surface area contributed by atoms with Gasteiger partial charge in [0.05, 0.1) is 5.45 Å². The summed E-state index contributed by atoms with van der Waals surface area (Å²) in [5, 5.41) is 0. The standard InChI is InChI=1S/C12H16BrNO2/c1-12(2,3)16-11(15)14(9-13)10-7-5-4-6-8-10/h4-8H,9H2,1-3H3. The normalized spacial score (nSPS) is 11.0. The summed E-state index contributed by atoms with van der Waals surface area (Å²) < 4.78 is 5.30. The molecule has 0 heterocycles. The lowest BCUT2D eigenvalue weighted by Gasteiger charge is -2.25. The molecule has 0 aromatic heterocycles.